The molecule has 122 valence electrons. The van der Waals surface area contributed by atoms with Gasteiger partial charge in [0.05, 0.1) is 16.9 Å². The fourth-order valence-electron chi connectivity index (χ4n) is 2.33. The van der Waals surface area contributed by atoms with Crippen LogP contribution in [0.15, 0.2) is 42.6 Å². The molecule has 23 heavy (non-hydrogen) atoms. The fourth-order valence-corrected chi connectivity index (χ4v) is 3.23. The number of nitrogens with two attached hydrogens (primary N) is 1. The molecule has 0 aliphatic heterocycles. The Morgan fingerprint density at radius 1 is 1.30 bits per heavy atom. The first-order valence-corrected chi connectivity index (χ1v) is 9.01. The number of rotatable bonds is 5. The second-order valence-electron chi connectivity index (χ2n) is 5.49. The maximum Gasteiger partial charge on any atom is 0.256 e. The second-order valence-corrected chi connectivity index (χ2v) is 6.97. The largest absolute Gasteiger partial charge is 0.396 e. The Morgan fingerprint density at radius 2 is 1.96 bits per heavy atom. The van der Waals surface area contributed by atoms with Crippen molar-refractivity contribution in [2.45, 2.75) is 13.0 Å². The first-order chi connectivity index (χ1) is 10.9. The van der Waals surface area contributed by atoms with Crippen molar-refractivity contribution in [1.29, 1.82) is 0 Å². The highest BCUT2D eigenvalue weighted by atomic mass is 32.2. The third-order valence-electron chi connectivity index (χ3n) is 3.73. The maximum absolute atomic E-state index is 12.7. The van der Waals surface area contributed by atoms with Gasteiger partial charge in [0.15, 0.2) is 0 Å². The minimum absolute atomic E-state index is 0.138. The third kappa shape index (κ3) is 3.96. The lowest BCUT2D eigenvalue weighted by Gasteiger charge is -2.25. The van der Waals surface area contributed by atoms with Crippen molar-refractivity contribution in [2.75, 3.05) is 24.8 Å². The van der Waals surface area contributed by atoms with E-state index in [0.717, 1.165) is 5.56 Å². The Hall–Kier alpha value is -2.21. The molecule has 0 fully saturated rings. The van der Waals surface area contributed by atoms with Gasteiger partial charge in [0.25, 0.3) is 5.91 Å². The topological polar surface area (TPSA) is 76.3 Å². The summed E-state index contributed by atoms with van der Waals surface area (Å²) < 4.78 is 11.4. The minimum Gasteiger partial charge on any atom is -0.396 e. The maximum atomic E-state index is 12.7. The molecule has 0 saturated heterocycles. The highest BCUT2D eigenvalue weighted by Crippen LogP contribution is 2.27. The normalized spacial score (nSPS) is 13.3. The zero-order valence-corrected chi connectivity index (χ0v) is 14.3. The summed E-state index contributed by atoms with van der Waals surface area (Å²) in [5, 5.41) is 0. The number of amides is 1. The van der Waals surface area contributed by atoms with E-state index >= 15 is 0 Å². The average molecular weight is 331 g/mol. The lowest BCUT2D eigenvalue weighted by atomic mass is 10.1. The second kappa shape index (κ2) is 7.37. The highest BCUT2D eigenvalue weighted by Gasteiger charge is 2.22. The molecule has 0 spiro atoms. The van der Waals surface area contributed by atoms with E-state index in [-0.39, 0.29) is 11.9 Å². The average Bonchev–Trinajstić information content (AvgIpc) is 2.54. The van der Waals surface area contributed by atoms with E-state index in [1.807, 2.05) is 37.3 Å². The van der Waals surface area contributed by atoms with Crippen molar-refractivity contribution in [1.82, 2.24) is 9.88 Å². The molecular weight excluding hydrogens is 310 g/mol. The molecular formula is C17H21N3O2S. The van der Waals surface area contributed by atoms with Crippen LogP contribution in [-0.4, -0.2) is 45.1 Å². The third-order valence-corrected chi connectivity index (χ3v) is 4.68. The molecule has 0 aliphatic rings. The molecule has 0 saturated carbocycles. The van der Waals surface area contributed by atoms with Crippen LogP contribution >= 0.6 is 0 Å². The smallest absolute Gasteiger partial charge is 0.256 e. The van der Waals surface area contributed by atoms with Crippen LogP contribution in [0, 0.1) is 0 Å². The number of pyridine rings is 1. The molecule has 2 unspecified atom stereocenters. The van der Waals surface area contributed by atoms with Gasteiger partial charge >= 0.3 is 0 Å². The van der Waals surface area contributed by atoms with Crippen molar-refractivity contribution in [3.8, 4) is 11.3 Å². The Bertz CT molecular complexity index is 719. The number of hydrogen-bond donors (Lipinski definition) is 1. The standard InChI is InChI=1S/C17H21N3O2S/c1-12(11-23(3)22)20(2)17(21)14-9-10-19-16(15(14)18)13-7-5-4-6-8-13/h4-10,12H,11,18H2,1-3H3. The van der Waals surface area contributed by atoms with Gasteiger partial charge in [-0.3, -0.25) is 14.0 Å². The number of nitrogens with zero attached hydrogens (tertiary/aromatic N) is 2. The summed E-state index contributed by atoms with van der Waals surface area (Å²) in [4.78, 5) is 18.6. The molecule has 1 amide bonds. The lowest BCUT2D eigenvalue weighted by molar-refractivity contribution is 0.0758. The van der Waals surface area contributed by atoms with Crippen molar-refractivity contribution in [3.05, 3.63) is 48.2 Å². The molecule has 2 N–H and O–H groups in total. The number of carbonyl (C=O) groups is 1. The SMILES string of the molecule is CC(CS(C)=O)N(C)C(=O)c1ccnc(-c2ccccc2)c1N. The van der Waals surface area contributed by atoms with Crippen LogP contribution in [0.3, 0.4) is 0 Å². The van der Waals surface area contributed by atoms with Gasteiger partial charge in [-0.05, 0) is 13.0 Å². The summed E-state index contributed by atoms with van der Waals surface area (Å²) in [6.07, 6.45) is 3.21. The molecule has 1 heterocycles. The molecule has 6 heteroatoms. The summed E-state index contributed by atoms with van der Waals surface area (Å²) in [5.74, 6) is 0.235. The molecule has 1 aromatic carbocycles. The number of aromatic nitrogens is 1. The summed E-state index contributed by atoms with van der Waals surface area (Å²) in [6.45, 7) is 1.87. The van der Waals surface area contributed by atoms with Crippen LogP contribution in [-0.2, 0) is 10.8 Å². The summed E-state index contributed by atoms with van der Waals surface area (Å²) >= 11 is 0. The molecule has 0 bridgehead atoms. The van der Waals surface area contributed by atoms with E-state index in [2.05, 4.69) is 4.98 Å². The number of nitrogen functional groups attached to an aromatic ring is 1. The highest BCUT2D eigenvalue weighted by molar-refractivity contribution is 7.84. The molecule has 0 radical (unpaired) electrons. The number of hydrogen-bond acceptors (Lipinski definition) is 4. The zero-order chi connectivity index (χ0) is 17.0. The minimum atomic E-state index is -0.966. The van der Waals surface area contributed by atoms with Gasteiger partial charge in [-0.1, -0.05) is 30.3 Å². The van der Waals surface area contributed by atoms with Crippen LogP contribution < -0.4 is 5.73 Å². The van der Waals surface area contributed by atoms with Gasteiger partial charge in [-0.2, -0.15) is 0 Å². The quantitative estimate of drug-likeness (QED) is 0.911. The Morgan fingerprint density at radius 3 is 2.57 bits per heavy atom. The van der Waals surface area contributed by atoms with Gasteiger partial charge < -0.3 is 10.6 Å². The van der Waals surface area contributed by atoms with Crippen molar-refractivity contribution in [3.63, 3.8) is 0 Å². The zero-order valence-electron chi connectivity index (χ0n) is 13.5. The molecule has 1 aromatic heterocycles. The molecule has 2 rings (SSSR count). The summed E-state index contributed by atoms with van der Waals surface area (Å²) in [7, 11) is 0.730. The fraction of sp³-hybridized carbons (Fsp3) is 0.294. The van der Waals surface area contributed by atoms with E-state index in [1.54, 1.807) is 30.5 Å². The van der Waals surface area contributed by atoms with E-state index in [4.69, 9.17) is 5.73 Å². The predicted molar refractivity (Wildman–Crippen MR) is 94.6 cm³/mol. The summed E-state index contributed by atoms with van der Waals surface area (Å²) in [6, 6.07) is 11.0. The van der Waals surface area contributed by atoms with E-state index in [0.29, 0.717) is 22.7 Å². The van der Waals surface area contributed by atoms with E-state index < -0.39 is 10.8 Å². The van der Waals surface area contributed by atoms with E-state index in [9.17, 15) is 9.00 Å². The Labute approximate surface area is 139 Å². The van der Waals surface area contributed by atoms with Crippen LogP contribution in [0.4, 0.5) is 5.69 Å². The van der Waals surface area contributed by atoms with Crippen molar-refractivity contribution < 1.29 is 9.00 Å². The molecule has 2 aromatic rings. The van der Waals surface area contributed by atoms with Gasteiger partial charge in [0.1, 0.15) is 0 Å². The molecule has 2 atom stereocenters. The number of carbonyl (C=O) groups excluding carboxylic acids is 1. The Balaban J connectivity index is 2.33. The van der Waals surface area contributed by atoms with Gasteiger partial charge in [-0.25, -0.2) is 0 Å². The Kier molecular flexibility index (Phi) is 5.50. The number of anilines is 1. The van der Waals surface area contributed by atoms with Crippen LogP contribution in [0.2, 0.25) is 0 Å². The van der Waals surface area contributed by atoms with Crippen LogP contribution in [0.5, 0.6) is 0 Å². The summed E-state index contributed by atoms with van der Waals surface area (Å²) in [5.41, 5.74) is 8.42. The van der Waals surface area contributed by atoms with Gasteiger partial charge in [0, 0.05) is 47.7 Å². The molecule has 5 nitrogen and oxygen atoms in total. The van der Waals surface area contributed by atoms with Crippen molar-refractivity contribution in [2.24, 2.45) is 0 Å². The molecule has 0 aliphatic carbocycles. The first kappa shape index (κ1) is 17.1. The van der Waals surface area contributed by atoms with Crippen LogP contribution in [0.25, 0.3) is 11.3 Å². The predicted octanol–water partition coefficient (Wildman–Crippen LogP) is 2.17. The lowest BCUT2D eigenvalue weighted by Crippen LogP contribution is -2.38. The van der Waals surface area contributed by atoms with Crippen molar-refractivity contribution >= 4 is 22.4 Å². The van der Waals surface area contributed by atoms with Gasteiger partial charge in [-0.15, -0.1) is 0 Å². The van der Waals surface area contributed by atoms with E-state index in [1.165, 1.54) is 0 Å². The van der Waals surface area contributed by atoms with Crippen LogP contribution in [0.1, 0.15) is 17.3 Å². The van der Waals surface area contributed by atoms with Gasteiger partial charge in [0.2, 0.25) is 0 Å². The monoisotopic (exact) mass is 331 g/mol. The number of benzene rings is 1. The first-order valence-electron chi connectivity index (χ1n) is 7.29.